The van der Waals surface area contributed by atoms with Crippen LogP contribution in [-0.4, -0.2) is 31.1 Å². The van der Waals surface area contributed by atoms with Crippen molar-refractivity contribution in [2.75, 3.05) is 11.4 Å². The van der Waals surface area contributed by atoms with E-state index in [0.717, 1.165) is 21.5 Å². The molecule has 1 heterocycles. The van der Waals surface area contributed by atoms with Crippen LogP contribution < -0.4 is 4.31 Å². The van der Waals surface area contributed by atoms with Crippen LogP contribution in [0, 0.1) is 13.8 Å². The van der Waals surface area contributed by atoms with Gasteiger partial charge >= 0.3 is 5.97 Å². The molecule has 1 aromatic heterocycles. The lowest BCUT2D eigenvalue weighted by Gasteiger charge is -2.19. The molecule has 0 aliphatic carbocycles. The molecular formula is C15H18N2O4S. The molecule has 0 saturated heterocycles. The van der Waals surface area contributed by atoms with Crippen molar-refractivity contribution in [2.45, 2.75) is 18.7 Å². The summed E-state index contributed by atoms with van der Waals surface area (Å²) in [6.07, 6.45) is 1.30. The smallest absolute Gasteiger partial charge is 0.352 e. The first-order chi connectivity index (χ1) is 10.1. The quantitative estimate of drug-likeness (QED) is 0.935. The van der Waals surface area contributed by atoms with E-state index in [2.05, 4.69) is 0 Å². The number of aromatic carboxylic acids is 1. The van der Waals surface area contributed by atoms with Crippen LogP contribution in [0.15, 0.2) is 35.4 Å². The van der Waals surface area contributed by atoms with Gasteiger partial charge in [0.25, 0.3) is 10.0 Å². The molecule has 2 aromatic rings. The third kappa shape index (κ3) is 2.85. The highest BCUT2D eigenvalue weighted by molar-refractivity contribution is 7.92. The van der Waals surface area contributed by atoms with Crippen LogP contribution in [0.3, 0.4) is 0 Å². The highest BCUT2D eigenvalue weighted by Gasteiger charge is 2.25. The van der Waals surface area contributed by atoms with E-state index in [-0.39, 0.29) is 10.6 Å². The number of rotatable bonds is 4. The molecule has 0 aliphatic heterocycles. The summed E-state index contributed by atoms with van der Waals surface area (Å²) in [7, 11) is -0.857. The zero-order valence-electron chi connectivity index (χ0n) is 12.9. The fourth-order valence-corrected chi connectivity index (χ4v) is 3.57. The number of carboxylic acids is 1. The van der Waals surface area contributed by atoms with E-state index < -0.39 is 16.0 Å². The van der Waals surface area contributed by atoms with Crippen LogP contribution in [0.2, 0.25) is 0 Å². The third-order valence-electron chi connectivity index (χ3n) is 3.43. The molecule has 6 nitrogen and oxygen atoms in total. The lowest BCUT2D eigenvalue weighted by Crippen LogP contribution is -2.26. The number of anilines is 1. The Morgan fingerprint density at radius 2 is 1.68 bits per heavy atom. The summed E-state index contributed by atoms with van der Waals surface area (Å²) < 4.78 is 27.8. The number of nitrogens with zero attached hydrogens (tertiary/aromatic N) is 2. The van der Waals surface area contributed by atoms with Crippen LogP contribution in [0.5, 0.6) is 0 Å². The van der Waals surface area contributed by atoms with Crippen LogP contribution in [-0.2, 0) is 17.1 Å². The average Bonchev–Trinajstić information content (AvgIpc) is 2.79. The van der Waals surface area contributed by atoms with Crippen LogP contribution in [0.1, 0.15) is 21.6 Å². The predicted molar refractivity (Wildman–Crippen MR) is 83.9 cm³/mol. The number of sulfonamides is 1. The Labute approximate surface area is 129 Å². The molecule has 0 fully saturated rings. The molecule has 0 spiro atoms. The Morgan fingerprint density at radius 3 is 2.14 bits per heavy atom. The van der Waals surface area contributed by atoms with Crippen molar-refractivity contribution >= 4 is 21.7 Å². The molecule has 118 valence electrons. The van der Waals surface area contributed by atoms with Gasteiger partial charge in [0, 0.05) is 20.3 Å². The Hall–Kier alpha value is -2.28. The zero-order chi connectivity index (χ0) is 16.7. The van der Waals surface area contributed by atoms with Gasteiger partial charge in [-0.25, -0.2) is 13.2 Å². The predicted octanol–water partition coefficient (Wildman–Crippen LogP) is 2.17. The molecule has 0 unspecified atom stereocenters. The van der Waals surface area contributed by atoms with Gasteiger partial charge < -0.3 is 9.67 Å². The van der Waals surface area contributed by atoms with Crippen LogP contribution in [0.25, 0.3) is 0 Å². The Balaban J connectivity index is 2.49. The van der Waals surface area contributed by atoms with E-state index in [1.54, 1.807) is 12.1 Å². The summed E-state index contributed by atoms with van der Waals surface area (Å²) in [6.45, 7) is 3.78. The normalized spacial score (nSPS) is 11.5. The highest BCUT2D eigenvalue weighted by Crippen LogP contribution is 2.25. The number of aromatic nitrogens is 1. The van der Waals surface area contributed by atoms with Gasteiger partial charge in [-0.05, 0) is 43.2 Å². The van der Waals surface area contributed by atoms with E-state index in [1.165, 1.54) is 24.9 Å². The van der Waals surface area contributed by atoms with Gasteiger partial charge in [-0.15, -0.1) is 0 Å². The van der Waals surface area contributed by atoms with Crippen molar-refractivity contribution < 1.29 is 18.3 Å². The molecule has 0 saturated carbocycles. The molecule has 1 N–H and O–H groups in total. The van der Waals surface area contributed by atoms with E-state index in [0.29, 0.717) is 5.69 Å². The van der Waals surface area contributed by atoms with Crippen LogP contribution >= 0.6 is 0 Å². The molecular weight excluding hydrogens is 304 g/mol. The maximum absolute atomic E-state index is 12.7. The minimum atomic E-state index is -3.81. The summed E-state index contributed by atoms with van der Waals surface area (Å²) in [5.74, 6) is -1.17. The first-order valence-corrected chi connectivity index (χ1v) is 8.04. The van der Waals surface area contributed by atoms with Crippen molar-refractivity contribution in [3.8, 4) is 0 Å². The summed E-state index contributed by atoms with van der Waals surface area (Å²) in [4.78, 5) is 11.0. The first kappa shape index (κ1) is 16.1. The van der Waals surface area contributed by atoms with Gasteiger partial charge in [0.2, 0.25) is 0 Å². The summed E-state index contributed by atoms with van der Waals surface area (Å²) in [5, 5.41) is 9.04. The molecule has 22 heavy (non-hydrogen) atoms. The molecule has 2 rings (SSSR count). The average molecular weight is 322 g/mol. The van der Waals surface area contributed by atoms with Gasteiger partial charge in [-0.3, -0.25) is 4.31 Å². The number of benzene rings is 1. The maximum atomic E-state index is 12.7. The van der Waals surface area contributed by atoms with Crippen molar-refractivity contribution in [3.05, 3.63) is 47.3 Å². The summed E-state index contributed by atoms with van der Waals surface area (Å²) in [6, 6.07) is 6.66. The number of hydrogen-bond acceptors (Lipinski definition) is 3. The lowest BCUT2D eigenvalue weighted by atomic mass is 10.1. The van der Waals surface area contributed by atoms with Crippen molar-refractivity contribution in [2.24, 2.45) is 7.05 Å². The highest BCUT2D eigenvalue weighted by atomic mass is 32.2. The Bertz CT molecular complexity index is 817. The minimum Gasteiger partial charge on any atom is -0.477 e. The fraction of sp³-hybridized carbons (Fsp3) is 0.267. The van der Waals surface area contributed by atoms with Gasteiger partial charge in [-0.1, -0.05) is 6.07 Å². The molecule has 0 bridgehead atoms. The zero-order valence-corrected chi connectivity index (χ0v) is 13.7. The second kappa shape index (κ2) is 5.49. The number of aryl methyl sites for hydroxylation is 3. The molecule has 0 atom stereocenters. The second-order valence-corrected chi connectivity index (χ2v) is 7.26. The van der Waals surface area contributed by atoms with Crippen molar-refractivity contribution in [1.29, 1.82) is 0 Å². The molecule has 7 heteroatoms. The monoisotopic (exact) mass is 322 g/mol. The summed E-state index contributed by atoms with van der Waals surface area (Å²) >= 11 is 0. The largest absolute Gasteiger partial charge is 0.477 e. The lowest BCUT2D eigenvalue weighted by molar-refractivity contribution is 0.0686. The molecule has 0 aliphatic rings. The van der Waals surface area contributed by atoms with Gasteiger partial charge in [0.05, 0.1) is 5.69 Å². The third-order valence-corrected chi connectivity index (χ3v) is 5.18. The molecule has 0 radical (unpaired) electrons. The Morgan fingerprint density at radius 1 is 1.14 bits per heavy atom. The van der Waals surface area contributed by atoms with E-state index in [1.807, 2.05) is 19.9 Å². The number of hydrogen-bond donors (Lipinski definition) is 1. The van der Waals surface area contributed by atoms with Gasteiger partial charge in [0.1, 0.15) is 10.6 Å². The van der Waals surface area contributed by atoms with Gasteiger partial charge in [0.15, 0.2) is 0 Å². The topological polar surface area (TPSA) is 79.6 Å². The maximum Gasteiger partial charge on any atom is 0.352 e. The van der Waals surface area contributed by atoms with Gasteiger partial charge in [-0.2, -0.15) is 0 Å². The standard InChI is InChI=1S/C15H18N2O4S/c1-10-5-11(2)7-12(6-10)17(4)22(20,21)13-8-14(15(18)19)16(3)9-13/h5-9H,1-4H3,(H,18,19). The fourth-order valence-electron chi connectivity index (χ4n) is 2.32. The second-order valence-electron chi connectivity index (χ2n) is 5.30. The van der Waals surface area contributed by atoms with E-state index in [4.69, 9.17) is 5.11 Å². The van der Waals surface area contributed by atoms with E-state index in [9.17, 15) is 13.2 Å². The molecule has 0 amide bonds. The minimum absolute atomic E-state index is 0.0472. The number of carboxylic acid groups (broad SMARTS) is 1. The molecule has 1 aromatic carbocycles. The van der Waals surface area contributed by atoms with Crippen LogP contribution in [0.4, 0.5) is 5.69 Å². The Kier molecular flexibility index (Phi) is 4.02. The van der Waals surface area contributed by atoms with E-state index >= 15 is 0 Å². The summed E-state index contributed by atoms with van der Waals surface area (Å²) in [5.41, 5.74) is 2.37. The number of carbonyl (C=O) groups is 1. The first-order valence-electron chi connectivity index (χ1n) is 6.60. The SMILES string of the molecule is Cc1cc(C)cc(N(C)S(=O)(=O)c2cc(C(=O)O)n(C)c2)c1. The van der Waals surface area contributed by atoms with Crippen molar-refractivity contribution in [1.82, 2.24) is 4.57 Å². The van der Waals surface area contributed by atoms with Crippen molar-refractivity contribution in [3.63, 3.8) is 0 Å².